The highest BCUT2D eigenvalue weighted by Gasteiger charge is 2.31. The van der Waals surface area contributed by atoms with Crippen LogP contribution < -0.4 is 4.72 Å². The Morgan fingerprint density at radius 3 is 2.78 bits per heavy atom. The third-order valence-corrected chi connectivity index (χ3v) is 4.61. The van der Waals surface area contributed by atoms with E-state index in [0.717, 1.165) is 12.8 Å². The average molecular weight is 271 g/mol. The Morgan fingerprint density at radius 2 is 2.11 bits per heavy atom. The Labute approximate surface area is 107 Å². The molecular formula is C11H17N3O3S. The van der Waals surface area contributed by atoms with E-state index in [9.17, 15) is 13.5 Å². The van der Waals surface area contributed by atoms with E-state index in [0.29, 0.717) is 18.7 Å². The van der Waals surface area contributed by atoms with Gasteiger partial charge in [0.05, 0.1) is 12.3 Å². The molecule has 1 aliphatic rings. The van der Waals surface area contributed by atoms with E-state index >= 15 is 0 Å². The lowest BCUT2D eigenvalue weighted by Crippen LogP contribution is -2.47. The molecule has 0 aromatic carbocycles. The number of nitrogens with zero attached hydrogens (tertiary/aromatic N) is 2. The molecule has 1 unspecified atom stereocenters. The van der Waals surface area contributed by atoms with E-state index in [1.807, 2.05) is 0 Å². The van der Waals surface area contributed by atoms with Gasteiger partial charge < -0.3 is 5.11 Å². The fraction of sp³-hybridized carbons (Fsp3) is 0.545. The van der Waals surface area contributed by atoms with Crippen molar-refractivity contribution in [3.63, 3.8) is 0 Å². The van der Waals surface area contributed by atoms with Crippen LogP contribution in [0.2, 0.25) is 0 Å². The summed E-state index contributed by atoms with van der Waals surface area (Å²) in [4.78, 5) is 3.83. The molecule has 1 aromatic rings. The number of piperidine rings is 1. The van der Waals surface area contributed by atoms with Gasteiger partial charge in [-0.3, -0.25) is 9.71 Å². The molecule has 0 saturated carbocycles. The van der Waals surface area contributed by atoms with Crippen LogP contribution in [0.5, 0.6) is 0 Å². The summed E-state index contributed by atoms with van der Waals surface area (Å²) in [5, 5.41) is 9.25. The topological polar surface area (TPSA) is 82.5 Å². The molecule has 2 heterocycles. The van der Waals surface area contributed by atoms with Crippen molar-refractivity contribution in [2.24, 2.45) is 0 Å². The van der Waals surface area contributed by atoms with E-state index < -0.39 is 10.2 Å². The predicted octanol–water partition coefficient (Wildman–Crippen LogP) is 0.585. The van der Waals surface area contributed by atoms with Gasteiger partial charge in [-0.15, -0.1) is 0 Å². The van der Waals surface area contributed by atoms with Crippen molar-refractivity contribution in [1.82, 2.24) is 9.29 Å². The maximum atomic E-state index is 12.2. The third kappa shape index (κ3) is 2.98. The summed E-state index contributed by atoms with van der Waals surface area (Å²) in [7, 11) is -3.60. The molecule has 0 aliphatic carbocycles. The molecule has 6 nitrogen and oxygen atoms in total. The van der Waals surface area contributed by atoms with Crippen LogP contribution in [0.25, 0.3) is 0 Å². The van der Waals surface area contributed by atoms with Crippen molar-refractivity contribution in [3.8, 4) is 0 Å². The quantitative estimate of drug-likeness (QED) is 0.839. The van der Waals surface area contributed by atoms with Crippen LogP contribution in [0.3, 0.4) is 0 Å². The monoisotopic (exact) mass is 271 g/mol. The summed E-state index contributed by atoms with van der Waals surface area (Å²) < 4.78 is 28.3. The van der Waals surface area contributed by atoms with Crippen LogP contribution in [0.4, 0.5) is 5.69 Å². The number of hydrogen-bond acceptors (Lipinski definition) is 4. The normalized spacial score (nSPS) is 21.7. The molecule has 0 radical (unpaired) electrons. The Bertz CT molecular complexity index is 478. The van der Waals surface area contributed by atoms with Crippen LogP contribution in [-0.4, -0.2) is 42.0 Å². The van der Waals surface area contributed by atoms with Crippen molar-refractivity contribution in [1.29, 1.82) is 0 Å². The zero-order valence-corrected chi connectivity index (χ0v) is 10.8. The number of anilines is 1. The number of hydrogen-bond donors (Lipinski definition) is 2. The lowest BCUT2D eigenvalue weighted by molar-refractivity contribution is 0.156. The van der Waals surface area contributed by atoms with Gasteiger partial charge in [-0.05, 0) is 25.0 Å². The van der Waals surface area contributed by atoms with Crippen molar-refractivity contribution in [2.75, 3.05) is 17.9 Å². The number of aliphatic hydroxyl groups excluding tert-OH is 1. The standard InChI is InChI=1S/C11H17N3O3S/c15-9-11-3-1-2-8-14(11)18(16,17)13-10-4-6-12-7-5-10/h4-7,11,15H,1-3,8-9H2,(H,12,13). The van der Waals surface area contributed by atoms with E-state index in [2.05, 4.69) is 9.71 Å². The van der Waals surface area contributed by atoms with Crippen molar-refractivity contribution in [2.45, 2.75) is 25.3 Å². The predicted molar refractivity (Wildman–Crippen MR) is 68.2 cm³/mol. The minimum atomic E-state index is -3.60. The first-order chi connectivity index (χ1) is 8.63. The first-order valence-electron chi connectivity index (χ1n) is 5.94. The Hall–Kier alpha value is -1.18. The van der Waals surface area contributed by atoms with Crippen LogP contribution in [0, 0.1) is 0 Å². The molecule has 1 aliphatic heterocycles. The molecule has 0 amide bonds. The van der Waals surface area contributed by atoms with E-state index in [1.54, 1.807) is 12.1 Å². The smallest absolute Gasteiger partial charge is 0.301 e. The van der Waals surface area contributed by atoms with Crippen LogP contribution in [-0.2, 0) is 10.2 Å². The highest BCUT2D eigenvalue weighted by molar-refractivity contribution is 7.90. The summed E-state index contributed by atoms with van der Waals surface area (Å²) >= 11 is 0. The van der Waals surface area contributed by atoms with Gasteiger partial charge in [0.1, 0.15) is 0 Å². The van der Waals surface area contributed by atoms with Gasteiger partial charge in [-0.2, -0.15) is 12.7 Å². The second kappa shape index (κ2) is 5.64. The van der Waals surface area contributed by atoms with Gasteiger partial charge in [0.2, 0.25) is 0 Å². The molecule has 1 atom stereocenters. The lowest BCUT2D eigenvalue weighted by atomic mass is 10.1. The van der Waals surface area contributed by atoms with Crippen molar-refractivity contribution >= 4 is 15.9 Å². The van der Waals surface area contributed by atoms with E-state index in [-0.39, 0.29) is 12.6 Å². The summed E-state index contributed by atoms with van der Waals surface area (Å²) in [5.41, 5.74) is 0.479. The zero-order chi connectivity index (χ0) is 13.0. The molecule has 7 heteroatoms. The molecule has 2 N–H and O–H groups in total. The second-order valence-corrected chi connectivity index (χ2v) is 5.91. The Morgan fingerprint density at radius 1 is 1.39 bits per heavy atom. The molecule has 0 bridgehead atoms. The molecule has 2 rings (SSSR count). The first kappa shape index (κ1) is 13.3. The fourth-order valence-electron chi connectivity index (χ4n) is 2.10. The number of aliphatic hydroxyl groups is 1. The minimum Gasteiger partial charge on any atom is -0.395 e. The number of rotatable bonds is 4. The summed E-state index contributed by atoms with van der Waals surface area (Å²) in [6.45, 7) is 0.308. The summed E-state index contributed by atoms with van der Waals surface area (Å²) in [6.07, 6.45) is 5.53. The molecule has 0 spiro atoms. The molecule has 1 aromatic heterocycles. The number of nitrogens with one attached hydrogen (secondary N) is 1. The minimum absolute atomic E-state index is 0.142. The molecule has 1 fully saturated rings. The van der Waals surface area contributed by atoms with Crippen LogP contribution >= 0.6 is 0 Å². The third-order valence-electron chi connectivity index (χ3n) is 3.02. The summed E-state index contributed by atoms with van der Waals surface area (Å²) in [6, 6.07) is 2.86. The van der Waals surface area contributed by atoms with Gasteiger partial charge in [-0.1, -0.05) is 6.42 Å². The zero-order valence-electron chi connectivity index (χ0n) is 9.99. The van der Waals surface area contributed by atoms with Gasteiger partial charge >= 0.3 is 10.2 Å². The largest absolute Gasteiger partial charge is 0.395 e. The molecule has 100 valence electrons. The Kier molecular flexibility index (Phi) is 4.15. The average Bonchev–Trinajstić information content (AvgIpc) is 2.39. The lowest BCUT2D eigenvalue weighted by Gasteiger charge is -2.33. The van der Waals surface area contributed by atoms with Gasteiger partial charge in [0.25, 0.3) is 0 Å². The highest BCUT2D eigenvalue weighted by Crippen LogP contribution is 2.21. The van der Waals surface area contributed by atoms with Gasteiger partial charge in [0, 0.05) is 25.0 Å². The number of aromatic nitrogens is 1. The highest BCUT2D eigenvalue weighted by atomic mass is 32.2. The molecule has 18 heavy (non-hydrogen) atoms. The SMILES string of the molecule is O=S(=O)(Nc1ccncc1)N1CCCCC1CO. The van der Waals surface area contributed by atoms with Gasteiger partial charge in [-0.25, -0.2) is 0 Å². The Balaban J connectivity index is 2.14. The first-order valence-corrected chi connectivity index (χ1v) is 7.38. The maximum absolute atomic E-state index is 12.2. The van der Waals surface area contributed by atoms with Crippen molar-refractivity contribution < 1.29 is 13.5 Å². The molecular weight excluding hydrogens is 254 g/mol. The van der Waals surface area contributed by atoms with Gasteiger partial charge in [0.15, 0.2) is 0 Å². The van der Waals surface area contributed by atoms with E-state index in [4.69, 9.17) is 0 Å². The maximum Gasteiger partial charge on any atom is 0.301 e. The second-order valence-electron chi connectivity index (χ2n) is 4.29. The number of pyridine rings is 1. The summed E-state index contributed by atoms with van der Waals surface area (Å²) in [5.74, 6) is 0. The van der Waals surface area contributed by atoms with Crippen molar-refractivity contribution in [3.05, 3.63) is 24.5 Å². The molecule has 1 saturated heterocycles. The van der Waals surface area contributed by atoms with Crippen LogP contribution in [0.15, 0.2) is 24.5 Å². The fourth-order valence-corrected chi connectivity index (χ4v) is 3.59. The van der Waals surface area contributed by atoms with E-state index in [1.165, 1.54) is 16.7 Å². The van der Waals surface area contributed by atoms with Crippen LogP contribution in [0.1, 0.15) is 19.3 Å².